The van der Waals surface area contributed by atoms with Gasteiger partial charge in [-0.05, 0) is 49.3 Å². The fourth-order valence-corrected chi connectivity index (χ4v) is 6.69. The third kappa shape index (κ3) is 4.89. The predicted molar refractivity (Wildman–Crippen MR) is 122 cm³/mol. The second-order valence-electron chi connectivity index (χ2n) is 8.20. The van der Waals surface area contributed by atoms with Crippen LogP contribution in [-0.4, -0.2) is 33.0 Å². The molecule has 2 aromatic rings. The maximum Gasteiger partial charge on any atom is 0.139 e. The maximum atomic E-state index is 12.9. The highest BCUT2D eigenvalue weighted by Crippen LogP contribution is 2.33. The molecule has 154 valence electrons. The highest BCUT2D eigenvalue weighted by atomic mass is 79.9. The summed E-state index contributed by atoms with van der Waals surface area (Å²) in [6.07, 6.45) is 11.0. The number of benzene rings is 1. The first kappa shape index (κ1) is 20.5. The molecule has 1 aromatic carbocycles. The average Bonchev–Trinajstić information content (AvgIpc) is 3.18. The fourth-order valence-electron chi connectivity index (χ4n) is 4.49. The topological polar surface area (TPSA) is 69.9 Å². The smallest absolute Gasteiger partial charge is 0.139 e. The molecule has 7 heteroatoms. The second kappa shape index (κ2) is 8.56. The van der Waals surface area contributed by atoms with Crippen molar-refractivity contribution in [2.24, 2.45) is 5.92 Å². The Morgan fingerprint density at radius 3 is 2.62 bits per heavy atom. The summed E-state index contributed by atoms with van der Waals surface area (Å²) in [6, 6.07) is 8.25. The molecule has 1 aromatic heterocycles. The van der Waals surface area contributed by atoms with Crippen molar-refractivity contribution in [2.75, 3.05) is 17.7 Å². The first-order valence-electron chi connectivity index (χ1n) is 10.1. The zero-order chi connectivity index (χ0) is 20.4. The summed E-state index contributed by atoms with van der Waals surface area (Å²) in [5, 5.41) is 0. The molecule has 2 aliphatic rings. The minimum absolute atomic E-state index is 0.347. The summed E-state index contributed by atoms with van der Waals surface area (Å²) in [7, 11) is -0.478. The highest BCUT2D eigenvalue weighted by molar-refractivity contribution is 9.10. The number of anilines is 1. The van der Waals surface area contributed by atoms with Crippen LogP contribution in [0.15, 0.2) is 41.1 Å². The Kier molecular flexibility index (Phi) is 6.06. The van der Waals surface area contributed by atoms with E-state index in [0.717, 1.165) is 59.2 Å². The van der Waals surface area contributed by atoms with E-state index in [2.05, 4.69) is 50.0 Å². The summed E-state index contributed by atoms with van der Waals surface area (Å²) in [5.41, 5.74) is 3.24. The van der Waals surface area contributed by atoms with Crippen LogP contribution in [0, 0.1) is 10.7 Å². The number of allylic oxidation sites excluding steroid dienone is 1. The van der Waals surface area contributed by atoms with Crippen LogP contribution < -0.4 is 4.90 Å². The van der Waals surface area contributed by atoms with Gasteiger partial charge in [0.2, 0.25) is 0 Å². The van der Waals surface area contributed by atoms with Gasteiger partial charge in [-0.2, -0.15) is 0 Å². The van der Waals surface area contributed by atoms with Gasteiger partial charge in [0.25, 0.3) is 0 Å². The molecule has 4 rings (SSSR count). The summed E-state index contributed by atoms with van der Waals surface area (Å²) in [6.45, 7) is 0. The molecule has 1 unspecified atom stereocenters. The van der Waals surface area contributed by atoms with Gasteiger partial charge in [0.15, 0.2) is 0 Å². The van der Waals surface area contributed by atoms with Crippen molar-refractivity contribution in [1.82, 2.24) is 9.97 Å². The van der Waals surface area contributed by atoms with E-state index in [4.69, 9.17) is 4.78 Å². The van der Waals surface area contributed by atoms with Gasteiger partial charge in [-0.25, -0.2) is 14.2 Å². The van der Waals surface area contributed by atoms with Gasteiger partial charge in [0.05, 0.1) is 11.4 Å². The van der Waals surface area contributed by atoms with Crippen LogP contribution in [0.3, 0.4) is 0 Å². The van der Waals surface area contributed by atoms with Gasteiger partial charge >= 0.3 is 0 Å². The summed E-state index contributed by atoms with van der Waals surface area (Å²) in [4.78, 5) is 11.2. The van der Waals surface area contributed by atoms with Crippen LogP contribution in [-0.2, 0) is 21.9 Å². The average molecular weight is 475 g/mol. The van der Waals surface area contributed by atoms with Gasteiger partial charge in [-0.3, -0.25) is 4.78 Å². The Morgan fingerprint density at radius 1 is 1.17 bits per heavy atom. The summed E-state index contributed by atoms with van der Waals surface area (Å²) in [5.74, 6) is 2.24. The largest absolute Gasteiger partial charge is 0.356 e. The van der Waals surface area contributed by atoms with Crippen molar-refractivity contribution < 1.29 is 4.21 Å². The molecule has 1 atom stereocenters. The molecular formula is C22H27BrN4OS. The lowest BCUT2D eigenvalue weighted by molar-refractivity contribution is 0.342. The van der Waals surface area contributed by atoms with Crippen molar-refractivity contribution in [3.05, 3.63) is 58.0 Å². The first-order valence-corrected chi connectivity index (χ1v) is 12.8. The van der Waals surface area contributed by atoms with E-state index < -0.39 is 9.73 Å². The zero-order valence-electron chi connectivity index (χ0n) is 16.7. The second-order valence-corrected chi connectivity index (χ2v) is 11.4. The number of rotatable bonds is 6. The van der Waals surface area contributed by atoms with Crippen molar-refractivity contribution in [3.63, 3.8) is 0 Å². The Labute approximate surface area is 181 Å². The van der Waals surface area contributed by atoms with Crippen LogP contribution in [0.25, 0.3) is 6.08 Å². The minimum Gasteiger partial charge on any atom is -0.356 e. The highest BCUT2D eigenvalue weighted by Gasteiger charge is 2.28. The Morgan fingerprint density at radius 2 is 1.90 bits per heavy atom. The van der Waals surface area contributed by atoms with Crippen molar-refractivity contribution in [2.45, 2.75) is 43.9 Å². The number of nitrogens with one attached hydrogen (secondary N) is 1. The molecule has 1 fully saturated rings. The zero-order valence-corrected chi connectivity index (χ0v) is 19.1. The lowest BCUT2D eigenvalue weighted by Gasteiger charge is -2.36. The third-order valence-electron chi connectivity index (χ3n) is 6.06. The van der Waals surface area contributed by atoms with Crippen molar-refractivity contribution in [1.29, 1.82) is 4.78 Å². The molecule has 1 saturated carbocycles. The lowest BCUT2D eigenvalue weighted by Crippen LogP contribution is -2.37. The lowest BCUT2D eigenvalue weighted by atomic mass is 9.86. The molecule has 2 aliphatic carbocycles. The maximum absolute atomic E-state index is 12.9. The molecule has 1 heterocycles. The van der Waals surface area contributed by atoms with Gasteiger partial charge in [0, 0.05) is 45.0 Å². The molecule has 0 radical (unpaired) electrons. The van der Waals surface area contributed by atoms with E-state index in [9.17, 15) is 4.21 Å². The van der Waals surface area contributed by atoms with E-state index in [1.165, 1.54) is 0 Å². The van der Waals surface area contributed by atoms with Crippen LogP contribution in [0.4, 0.5) is 5.82 Å². The first-order chi connectivity index (χ1) is 13.9. The van der Waals surface area contributed by atoms with Crippen LogP contribution in [0.5, 0.6) is 0 Å². The molecule has 29 heavy (non-hydrogen) atoms. The molecule has 0 bridgehead atoms. The van der Waals surface area contributed by atoms with Crippen LogP contribution in [0.1, 0.15) is 42.5 Å². The predicted octanol–water partition coefficient (Wildman–Crippen LogP) is 5.05. The molecule has 0 aliphatic heterocycles. The van der Waals surface area contributed by atoms with Gasteiger partial charge < -0.3 is 4.90 Å². The van der Waals surface area contributed by atoms with Gasteiger partial charge in [-0.15, -0.1) is 0 Å². The summed E-state index contributed by atoms with van der Waals surface area (Å²) >= 11 is 3.42. The SMILES string of the molecule is CN(c1ncnc2c1C=CC2)C1CCC(CS(=N)(=O)Cc2ccc(Br)cc2)CC1. The number of fused-ring (bicyclic) bond motifs is 1. The monoisotopic (exact) mass is 474 g/mol. The van der Waals surface area contributed by atoms with Crippen LogP contribution >= 0.6 is 15.9 Å². The third-order valence-corrected chi connectivity index (χ3v) is 8.40. The normalized spacial score (nSPS) is 22.8. The van der Waals surface area contributed by atoms with Crippen molar-refractivity contribution in [3.8, 4) is 0 Å². The van der Waals surface area contributed by atoms with E-state index in [-0.39, 0.29) is 0 Å². The van der Waals surface area contributed by atoms with E-state index in [1.54, 1.807) is 6.33 Å². The fraction of sp³-hybridized carbons (Fsp3) is 0.455. The molecule has 0 saturated heterocycles. The van der Waals surface area contributed by atoms with E-state index in [0.29, 0.717) is 23.5 Å². The quantitative estimate of drug-likeness (QED) is 0.635. The standard InChI is InChI=1S/C22H27BrN4OS/c1-27(22-20-3-2-4-21(20)25-15-26-22)19-11-7-17(8-12-19)14-29(24,28)13-16-5-9-18(23)10-6-16/h2-3,5-6,9-10,15,17,19,24H,4,7-8,11-14H2,1H3. The number of nitrogens with zero attached hydrogens (tertiary/aromatic N) is 3. The Bertz CT molecular complexity index is 996. The Balaban J connectivity index is 1.34. The number of aromatic nitrogens is 2. The molecule has 5 nitrogen and oxygen atoms in total. The molecule has 0 amide bonds. The number of halogens is 1. The minimum atomic E-state index is -2.60. The summed E-state index contributed by atoms with van der Waals surface area (Å²) < 4.78 is 22.3. The number of hydrogen-bond donors (Lipinski definition) is 1. The molecular weight excluding hydrogens is 448 g/mol. The molecule has 1 N–H and O–H groups in total. The van der Waals surface area contributed by atoms with Gasteiger partial charge in [-0.1, -0.05) is 40.2 Å². The van der Waals surface area contributed by atoms with Crippen molar-refractivity contribution >= 4 is 37.6 Å². The van der Waals surface area contributed by atoms with Gasteiger partial charge in [0.1, 0.15) is 12.1 Å². The molecule has 0 spiro atoms. The van der Waals surface area contributed by atoms with E-state index in [1.807, 2.05) is 24.3 Å². The Hall–Kier alpha value is -1.73. The number of hydrogen-bond acceptors (Lipinski definition) is 5. The van der Waals surface area contributed by atoms with Crippen LogP contribution in [0.2, 0.25) is 0 Å². The van der Waals surface area contributed by atoms with E-state index >= 15 is 0 Å².